The molecule has 8 nitrogen and oxygen atoms in total. The molecule has 1 atom stereocenters. The van der Waals surface area contributed by atoms with E-state index in [4.69, 9.17) is 0 Å². The summed E-state index contributed by atoms with van der Waals surface area (Å²) in [6, 6.07) is 8.63. The number of benzene rings is 2. The molecule has 0 saturated carbocycles. The minimum atomic E-state index is -0.689. The molecule has 0 radical (unpaired) electrons. The van der Waals surface area contributed by atoms with E-state index in [2.05, 4.69) is 10.6 Å². The van der Waals surface area contributed by atoms with Gasteiger partial charge in [0.15, 0.2) is 0 Å². The molecule has 164 valence electrons. The number of urea groups is 1. The molecule has 2 aromatic carbocycles. The maximum absolute atomic E-state index is 14.1. The lowest BCUT2D eigenvalue weighted by Crippen LogP contribution is -2.52. The van der Waals surface area contributed by atoms with Crippen molar-refractivity contribution in [3.63, 3.8) is 0 Å². The summed E-state index contributed by atoms with van der Waals surface area (Å²) in [5.41, 5.74) is 2.78. The van der Waals surface area contributed by atoms with Gasteiger partial charge in [-0.1, -0.05) is 6.07 Å². The number of fused-ring (bicyclic) bond motifs is 2. The van der Waals surface area contributed by atoms with E-state index in [0.29, 0.717) is 53.9 Å². The van der Waals surface area contributed by atoms with Crippen molar-refractivity contribution in [3.8, 4) is 0 Å². The maximum atomic E-state index is 14.1. The maximum Gasteiger partial charge on any atom is 0.326 e. The largest absolute Gasteiger partial charge is 0.326 e. The van der Waals surface area contributed by atoms with E-state index in [1.54, 1.807) is 30.3 Å². The molecule has 2 N–H and O–H groups in total. The minimum Gasteiger partial charge on any atom is -0.322 e. The van der Waals surface area contributed by atoms with Crippen LogP contribution in [0.1, 0.15) is 40.7 Å². The van der Waals surface area contributed by atoms with Gasteiger partial charge in [-0.25, -0.2) is 9.18 Å². The second kappa shape index (κ2) is 7.74. The molecule has 5 amide bonds. The third kappa shape index (κ3) is 3.39. The smallest absolute Gasteiger partial charge is 0.322 e. The Morgan fingerprint density at radius 1 is 1.12 bits per heavy atom. The van der Waals surface area contributed by atoms with Gasteiger partial charge in [0.1, 0.15) is 11.9 Å². The fourth-order valence-electron chi connectivity index (χ4n) is 4.64. The van der Waals surface area contributed by atoms with Crippen molar-refractivity contribution in [2.75, 3.05) is 16.8 Å². The zero-order valence-corrected chi connectivity index (χ0v) is 17.2. The van der Waals surface area contributed by atoms with E-state index in [-0.39, 0.29) is 36.6 Å². The van der Waals surface area contributed by atoms with Crippen LogP contribution >= 0.6 is 0 Å². The molecule has 1 unspecified atom stereocenters. The van der Waals surface area contributed by atoms with Crippen LogP contribution in [0.5, 0.6) is 0 Å². The van der Waals surface area contributed by atoms with Crippen molar-refractivity contribution >= 4 is 35.1 Å². The quantitative estimate of drug-likeness (QED) is 0.707. The molecule has 2 aromatic rings. The van der Waals surface area contributed by atoms with Crippen molar-refractivity contribution in [1.29, 1.82) is 0 Å². The van der Waals surface area contributed by atoms with Gasteiger partial charge in [0.2, 0.25) is 11.8 Å². The van der Waals surface area contributed by atoms with E-state index in [1.165, 1.54) is 15.9 Å². The highest BCUT2D eigenvalue weighted by Crippen LogP contribution is 2.31. The molecule has 9 heteroatoms. The van der Waals surface area contributed by atoms with Gasteiger partial charge in [0, 0.05) is 36.3 Å². The van der Waals surface area contributed by atoms with Gasteiger partial charge in [-0.05, 0) is 55.2 Å². The van der Waals surface area contributed by atoms with Gasteiger partial charge in [-0.3, -0.25) is 24.6 Å². The fourth-order valence-corrected chi connectivity index (χ4v) is 4.64. The molecule has 3 aliphatic rings. The third-order valence-corrected chi connectivity index (χ3v) is 6.21. The first-order valence-electron chi connectivity index (χ1n) is 10.6. The number of piperidine rings is 1. The number of carbonyl (C=O) groups is 4. The Balaban J connectivity index is 1.33. The lowest BCUT2D eigenvalue weighted by molar-refractivity contribution is -0.136. The Morgan fingerprint density at radius 2 is 1.97 bits per heavy atom. The van der Waals surface area contributed by atoms with E-state index in [0.717, 1.165) is 0 Å². The molecular formula is C23H21FN4O4. The van der Waals surface area contributed by atoms with Crippen LogP contribution in [0.2, 0.25) is 0 Å². The minimum absolute atomic E-state index is 0.190. The molecule has 3 heterocycles. The SMILES string of the molecule is O=C1CCC(N2Cc3cc(NC(=O)N4CCCc5c(F)cccc54)ccc3C2=O)C(=O)N1. The van der Waals surface area contributed by atoms with Crippen LogP contribution in [-0.2, 0) is 22.6 Å². The number of anilines is 2. The first kappa shape index (κ1) is 20.2. The van der Waals surface area contributed by atoms with Crippen LogP contribution < -0.4 is 15.5 Å². The number of halogens is 1. The van der Waals surface area contributed by atoms with Crippen LogP contribution in [0.25, 0.3) is 0 Å². The van der Waals surface area contributed by atoms with Crippen molar-refractivity contribution in [3.05, 3.63) is 58.9 Å². The Labute approximate surface area is 183 Å². The zero-order valence-electron chi connectivity index (χ0n) is 17.2. The van der Waals surface area contributed by atoms with Crippen LogP contribution in [0.3, 0.4) is 0 Å². The van der Waals surface area contributed by atoms with Crippen molar-refractivity contribution in [2.24, 2.45) is 0 Å². The molecule has 1 fully saturated rings. The van der Waals surface area contributed by atoms with Gasteiger partial charge >= 0.3 is 6.03 Å². The summed E-state index contributed by atoms with van der Waals surface area (Å²) in [6.45, 7) is 0.705. The lowest BCUT2D eigenvalue weighted by Gasteiger charge is -2.29. The molecule has 0 spiro atoms. The van der Waals surface area contributed by atoms with E-state index in [1.807, 2.05) is 0 Å². The molecular weight excluding hydrogens is 415 g/mol. The van der Waals surface area contributed by atoms with Gasteiger partial charge < -0.3 is 10.2 Å². The Bertz CT molecular complexity index is 1160. The van der Waals surface area contributed by atoms with Crippen LogP contribution in [0, 0.1) is 5.82 Å². The number of nitrogens with one attached hydrogen (secondary N) is 2. The highest BCUT2D eigenvalue weighted by molar-refractivity contribution is 6.06. The average molecular weight is 436 g/mol. The number of nitrogens with zero attached hydrogens (tertiary/aromatic N) is 2. The first-order valence-corrected chi connectivity index (χ1v) is 10.6. The number of hydrogen-bond acceptors (Lipinski definition) is 4. The second-order valence-corrected chi connectivity index (χ2v) is 8.19. The van der Waals surface area contributed by atoms with Gasteiger partial charge in [0.05, 0.1) is 5.69 Å². The predicted molar refractivity (Wildman–Crippen MR) is 114 cm³/mol. The monoisotopic (exact) mass is 436 g/mol. The molecule has 3 aliphatic heterocycles. The summed E-state index contributed by atoms with van der Waals surface area (Å²) in [5.74, 6) is -1.39. The van der Waals surface area contributed by atoms with Crippen LogP contribution in [0.4, 0.5) is 20.6 Å². The Kier molecular flexibility index (Phi) is 4.88. The fraction of sp³-hybridized carbons (Fsp3) is 0.304. The molecule has 5 rings (SSSR count). The molecule has 0 bridgehead atoms. The summed E-state index contributed by atoms with van der Waals surface area (Å²) in [7, 11) is 0. The predicted octanol–water partition coefficient (Wildman–Crippen LogP) is 2.57. The zero-order chi connectivity index (χ0) is 22.4. The number of imide groups is 1. The standard InChI is InChI=1S/C23H21FN4O4/c24-17-4-1-5-18-16(17)3-2-10-27(18)23(32)25-14-6-7-15-13(11-14)12-28(22(15)31)19-8-9-20(29)26-21(19)30/h1,4-7,11,19H,2-3,8-10,12H2,(H,25,32)(H,26,29,30). The van der Waals surface area contributed by atoms with E-state index in [9.17, 15) is 23.6 Å². The molecule has 1 saturated heterocycles. The van der Waals surface area contributed by atoms with Crippen molar-refractivity contribution in [1.82, 2.24) is 10.2 Å². The number of amides is 5. The second-order valence-electron chi connectivity index (χ2n) is 8.19. The van der Waals surface area contributed by atoms with Crippen LogP contribution in [-0.4, -0.2) is 41.2 Å². The topological polar surface area (TPSA) is 98.8 Å². The number of hydrogen-bond donors (Lipinski definition) is 2. The average Bonchev–Trinajstić information content (AvgIpc) is 3.09. The first-order chi connectivity index (χ1) is 15.4. The third-order valence-electron chi connectivity index (χ3n) is 6.21. The molecule has 0 aromatic heterocycles. The number of rotatable bonds is 2. The molecule has 32 heavy (non-hydrogen) atoms. The van der Waals surface area contributed by atoms with Crippen LogP contribution in [0.15, 0.2) is 36.4 Å². The normalized spacial score (nSPS) is 20.0. The Morgan fingerprint density at radius 3 is 2.78 bits per heavy atom. The Hall–Kier alpha value is -3.75. The lowest BCUT2D eigenvalue weighted by atomic mass is 10.0. The van der Waals surface area contributed by atoms with Crippen molar-refractivity contribution in [2.45, 2.75) is 38.3 Å². The summed E-state index contributed by atoms with van der Waals surface area (Å²) < 4.78 is 14.1. The summed E-state index contributed by atoms with van der Waals surface area (Å²) >= 11 is 0. The van der Waals surface area contributed by atoms with E-state index >= 15 is 0 Å². The summed E-state index contributed by atoms with van der Waals surface area (Å²) in [4.78, 5) is 52.3. The summed E-state index contributed by atoms with van der Waals surface area (Å²) in [6.07, 6.45) is 1.73. The van der Waals surface area contributed by atoms with Crippen molar-refractivity contribution < 1.29 is 23.6 Å². The highest BCUT2D eigenvalue weighted by atomic mass is 19.1. The van der Waals surface area contributed by atoms with E-state index < -0.39 is 11.9 Å². The van der Waals surface area contributed by atoms with Gasteiger partial charge in [-0.2, -0.15) is 0 Å². The summed E-state index contributed by atoms with van der Waals surface area (Å²) in [5, 5.41) is 5.11. The molecule has 0 aliphatic carbocycles. The number of carbonyl (C=O) groups excluding carboxylic acids is 4. The van der Waals surface area contributed by atoms with Gasteiger partial charge in [0.25, 0.3) is 5.91 Å². The highest BCUT2D eigenvalue weighted by Gasteiger charge is 2.39. The van der Waals surface area contributed by atoms with Gasteiger partial charge in [-0.15, -0.1) is 0 Å².